The van der Waals surface area contributed by atoms with Gasteiger partial charge in [-0.15, -0.1) is 0 Å². The van der Waals surface area contributed by atoms with Crippen molar-refractivity contribution >= 4 is 11.1 Å². The first-order valence-corrected chi connectivity index (χ1v) is 12.0. The predicted molar refractivity (Wildman–Crippen MR) is 134 cm³/mol. The van der Waals surface area contributed by atoms with Crippen molar-refractivity contribution in [2.24, 2.45) is 5.92 Å². The lowest BCUT2D eigenvalue weighted by Gasteiger charge is -2.38. The lowest BCUT2D eigenvalue weighted by molar-refractivity contribution is 0.0806. The molecule has 1 fully saturated rings. The Morgan fingerprint density at radius 1 is 0.941 bits per heavy atom. The van der Waals surface area contributed by atoms with Crippen LogP contribution in [0.4, 0.5) is 0 Å². The summed E-state index contributed by atoms with van der Waals surface area (Å²) in [6, 6.07) is 20.5. The van der Waals surface area contributed by atoms with Gasteiger partial charge >= 0.3 is 0 Å². The molecule has 0 amide bonds. The zero-order chi connectivity index (χ0) is 23.7. The monoisotopic (exact) mass is 457 g/mol. The normalized spacial score (nSPS) is 18.2. The van der Waals surface area contributed by atoms with Crippen molar-refractivity contribution in [2.75, 3.05) is 26.2 Å². The van der Waals surface area contributed by atoms with E-state index in [0.717, 1.165) is 46.0 Å². The summed E-state index contributed by atoms with van der Waals surface area (Å²) in [5.41, 5.74) is 5.05. The van der Waals surface area contributed by atoms with Gasteiger partial charge in [0.05, 0.1) is 0 Å². The van der Waals surface area contributed by atoms with E-state index in [-0.39, 0.29) is 17.6 Å². The van der Waals surface area contributed by atoms with Crippen molar-refractivity contribution in [3.63, 3.8) is 0 Å². The Bertz CT molecular complexity index is 1180. The number of fused-ring (bicyclic) bond motifs is 1. The molecule has 0 aliphatic carbocycles. The molecule has 0 aromatic heterocycles. The molecule has 0 spiro atoms. The van der Waals surface area contributed by atoms with Gasteiger partial charge in [-0.3, -0.25) is 4.90 Å². The van der Waals surface area contributed by atoms with E-state index in [4.69, 9.17) is 9.47 Å². The molecule has 3 aromatic rings. The van der Waals surface area contributed by atoms with Crippen molar-refractivity contribution < 1.29 is 19.7 Å². The lowest BCUT2D eigenvalue weighted by atomic mass is 9.86. The number of phenols is 2. The molecule has 1 saturated heterocycles. The Kier molecular flexibility index (Phi) is 6.20. The molecule has 176 valence electrons. The van der Waals surface area contributed by atoms with E-state index in [1.165, 1.54) is 19.5 Å². The summed E-state index contributed by atoms with van der Waals surface area (Å²) in [6.45, 7) is 8.32. The minimum absolute atomic E-state index is 0.176. The highest BCUT2D eigenvalue weighted by atomic mass is 16.5. The first kappa shape index (κ1) is 22.4. The van der Waals surface area contributed by atoms with Gasteiger partial charge in [0, 0.05) is 36.8 Å². The Morgan fingerprint density at radius 2 is 1.65 bits per heavy atom. The third-order valence-corrected chi connectivity index (χ3v) is 6.93. The summed E-state index contributed by atoms with van der Waals surface area (Å²) >= 11 is 0. The zero-order valence-electron chi connectivity index (χ0n) is 19.7. The Morgan fingerprint density at radius 3 is 2.35 bits per heavy atom. The Labute approximate surface area is 200 Å². The van der Waals surface area contributed by atoms with Crippen molar-refractivity contribution in [2.45, 2.75) is 26.4 Å². The van der Waals surface area contributed by atoms with E-state index in [2.05, 4.69) is 18.7 Å². The Balaban J connectivity index is 1.37. The Hall–Kier alpha value is -3.44. The lowest BCUT2D eigenvalue weighted by Crippen LogP contribution is -2.47. The van der Waals surface area contributed by atoms with E-state index in [9.17, 15) is 10.2 Å². The van der Waals surface area contributed by atoms with Gasteiger partial charge in [0.2, 0.25) is 0 Å². The predicted octanol–water partition coefficient (Wildman–Crippen LogP) is 5.88. The molecule has 1 unspecified atom stereocenters. The topological polar surface area (TPSA) is 62.2 Å². The van der Waals surface area contributed by atoms with Crippen molar-refractivity contribution in [3.05, 3.63) is 83.4 Å². The van der Waals surface area contributed by atoms with Crippen LogP contribution >= 0.6 is 0 Å². The van der Waals surface area contributed by atoms with Gasteiger partial charge in [-0.1, -0.05) is 37.6 Å². The second kappa shape index (κ2) is 9.43. The quantitative estimate of drug-likeness (QED) is 0.464. The second-order valence-corrected chi connectivity index (χ2v) is 9.22. The molecule has 2 heterocycles. The summed E-state index contributed by atoms with van der Waals surface area (Å²) < 4.78 is 12.4. The second-order valence-electron chi connectivity index (χ2n) is 9.22. The van der Waals surface area contributed by atoms with Crippen LogP contribution in [0.2, 0.25) is 0 Å². The smallest absolute Gasteiger partial charge is 0.150 e. The third-order valence-electron chi connectivity index (χ3n) is 6.93. The standard InChI is InChI=1S/C29H31NO4/c1-3-20-17-30(18-20)14-15-33-25-11-6-22(7-12-25)29-28(21-4-8-23(31)9-5-21)19(2)26-13-10-24(32)16-27(26)34-29/h4-13,16,20,29,31-32H,3,14-15,17-18H2,1-2H3. The van der Waals surface area contributed by atoms with Crippen LogP contribution in [0.5, 0.6) is 23.0 Å². The number of aromatic hydroxyl groups is 2. The van der Waals surface area contributed by atoms with E-state index < -0.39 is 0 Å². The molecule has 2 N–H and O–H groups in total. The minimum atomic E-state index is -0.347. The molecule has 34 heavy (non-hydrogen) atoms. The van der Waals surface area contributed by atoms with Crippen molar-refractivity contribution in [1.29, 1.82) is 0 Å². The van der Waals surface area contributed by atoms with Gasteiger partial charge in [0.25, 0.3) is 0 Å². The van der Waals surface area contributed by atoms with Crippen LogP contribution < -0.4 is 9.47 Å². The maximum absolute atomic E-state index is 10.0. The maximum Gasteiger partial charge on any atom is 0.150 e. The number of allylic oxidation sites excluding steroid dienone is 1. The van der Waals surface area contributed by atoms with E-state index in [1.54, 1.807) is 24.3 Å². The van der Waals surface area contributed by atoms with E-state index in [0.29, 0.717) is 12.4 Å². The number of likely N-dealkylation sites (tertiary alicyclic amines) is 1. The number of rotatable bonds is 7. The fourth-order valence-electron chi connectivity index (χ4n) is 4.84. The number of ether oxygens (including phenoxy) is 2. The molecule has 2 aliphatic heterocycles. The fraction of sp³-hybridized carbons (Fsp3) is 0.310. The average molecular weight is 458 g/mol. The SMILES string of the molecule is CCC1CN(CCOc2ccc(C3Oc4cc(O)ccc4C(C)=C3c3ccc(O)cc3)cc2)C1. The average Bonchev–Trinajstić information content (AvgIpc) is 2.81. The highest BCUT2D eigenvalue weighted by Gasteiger charge is 2.29. The van der Waals surface area contributed by atoms with Crippen LogP contribution in [0.3, 0.4) is 0 Å². The number of hydrogen-bond donors (Lipinski definition) is 2. The van der Waals surface area contributed by atoms with Gasteiger partial charge in [0.15, 0.2) is 0 Å². The van der Waals surface area contributed by atoms with E-state index >= 15 is 0 Å². The summed E-state index contributed by atoms with van der Waals surface area (Å²) in [5.74, 6) is 2.75. The van der Waals surface area contributed by atoms with Crippen molar-refractivity contribution in [3.8, 4) is 23.0 Å². The van der Waals surface area contributed by atoms with Crippen LogP contribution in [0.25, 0.3) is 11.1 Å². The van der Waals surface area contributed by atoms with E-state index in [1.807, 2.05) is 42.5 Å². The number of hydrogen-bond acceptors (Lipinski definition) is 5. The van der Waals surface area contributed by atoms with Gasteiger partial charge in [-0.2, -0.15) is 0 Å². The van der Waals surface area contributed by atoms with Crippen LogP contribution in [0.1, 0.15) is 43.1 Å². The first-order chi connectivity index (χ1) is 16.5. The molecule has 5 heteroatoms. The molecule has 2 aliphatic rings. The number of phenolic OH excluding ortho intramolecular Hbond substituents is 2. The third kappa shape index (κ3) is 4.48. The molecule has 5 rings (SSSR count). The highest BCUT2D eigenvalue weighted by Crippen LogP contribution is 2.47. The summed E-state index contributed by atoms with van der Waals surface area (Å²) in [5, 5.41) is 19.8. The molecule has 5 nitrogen and oxygen atoms in total. The summed E-state index contributed by atoms with van der Waals surface area (Å²) in [4.78, 5) is 2.43. The van der Waals surface area contributed by atoms with Gasteiger partial charge < -0.3 is 19.7 Å². The van der Waals surface area contributed by atoms with Gasteiger partial charge in [-0.25, -0.2) is 0 Å². The molecular weight excluding hydrogens is 426 g/mol. The minimum Gasteiger partial charge on any atom is -0.508 e. The molecule has 0 bridgehead atoms. The number of benzene rings is 3. The maximum atomic E-state index is 10.0. The first-order valence-electron chi connectivity index (χ1n) is 12.0. The molecule has 0 radical (unpaired) electrons. The van der Waals surface area contributed by atoms with Crippen LogP contribution in [0, 0.1) is 5.92 Å². The van der Waals surface area contributed by atoms with Crippen LogP contribution in [0.15, 0.2) is 66.7 Å². The largest absolute Gasteiger partial charge is 0.508 e. The van der Waals surface area contributed by atoms with Gasteiger partial charge in [-0.05, 0) is 65.9 Å². The molecule has 1 atom stereocenters. The van der Waals surface area contributed by atoms with Gasteiger partial charge in [0.1, 0.15) is 35.7 Å². The number of nitrogens with zero attached hydrogens (tertiary/aromatic N) is 1. The van der Waals surface area contributed by atoms with Crippen molar-refractivity contribution in [1.82, 2.24) is 4.90 Å². The summed E-state index contributed by atoms with van der Waals surface area (Å²) in [6.07, 6.45) is 0.909. The summed E-state index contributed by atoms with van der Waals surface area (Å²) in [7, 11) is 0. The highest BCUT2D eigenvalue weighted by molar-refractivity contribution is 5.95. The van der Waals surface area contributed by atoms with Crippen LogP contribution in [-0.4, -0.2) is 41.4 Å². The molecule has 3 aromatic carbocycles. The van der Waals surface area contributed by atoms with Crippen LogP contribution in [-0.2, 0) is 0 Å². The fourth-order valence-corrected chi connectivity index (χ4v) is 4.84. The molecule has 0 saturated carbocycles. The molecular formula is C29H31NO4. The zero-order valence-corrected chi connectivity index (χ0v) is 19.7.